The molecule has 1 aliphatic heterocycles. The summed E-state index contributed by atoms with van der Waals surface area (Å²) in [5, 5.41) is 14.0. The number of nitrogens with zero attached hydrogens (tertiary/aromatic N) is 3. The van der Waals surface area contributed by atoms with Crippen LogP contribution in [0.1, 0.15) is 45.8 Å². The van der Waals surface area contributed by atoms with Crippen LogP contribution in [0.2, 0.25) is 5.02 Å². The summed E-state index contributed by atoms with van der Waals surface area (Å²) >= 11 is 6.87. The van der Waals surface area contributed by atoms with E-state index in [1.54, 1.807) is 24.3 Å². The van der Waals surface area contributed by atoms with Crippen LogP contribution in [0.25, 0.3) is 0 Å². The van der Waals surface area contributed by atoms with Crippen LogP contribution in [0.15, 0.2) is 24.3 Å². The Bertz CT molecular complexity index is 828. The maximum absolute atomic E-state index is 12.2. The summed E-state index contributed by atoms with van der Waals surface area (Å²) < 4.78 is 0. The van der Waals surface area contributed by atoms with Crippen molar-refractivity contribution in [1.29, 1.82) is 0 Å². The molecule has 2 heterocycles. The van der Waals surface area contributed by atoms with Gasteiger partial charge in [-0.3, -0.25) is 9.59 Å². The van der Waals surface area contributed by atoms with Crippen LogP contribution in [-0.2, 0) is 0 Å². The third-order valence-corrected chi connectivity index (χ3v) is 5.73. The van der Waals surface area contributed by atoms with Gasteiger partial charge in [-0.25, -0.2) is 0 Å². The fourth-order valence-corrected chi connectivity index (χ4v) is 4.07. The molecule has 2 aromatic rings. The number of aromatic nitrogens is 2. The normalized spacial score (nSPS) is 17.3. The molecule has 7 nitrogen and oxygen atoms in total. The van der Waals surface area contributed by atoms with Gasteiger partial charge in [-0.05, 0) is 56.5 Å². The van der Waals surface area contributed by atoms with Crippen molar-refractivity contribution in [2.45, 2.75) is 26.2 Å². The van der Waals surface area contributed by atoms with E-state index in [9.17, 15) is 9.59 Å². The van der Waals surface area contributed by atoms with Gasteiger partial charge in [0.25, 0.3) is 11.8 Å². The van der Waals surface area contributed by atoms with Crippen molar-refractivity contribution < 1.29 is 9.59 Å². The minimum absolute atomic E-state index is 0.132. The largest absolute Gasteiger partial charge is 0.350 e. The van der Waals surface area contributed by atoms with Crippen LogP contribution >= 0.6 is 22.9 Å². The monoisotopic (exact) mass is 421 g/mol. The Morgan fingerprint density at radius 2 is 2.07 bits per heavy atom. The van der Waals surface area contributed by atoms with Crippen molar-refractivity contribution in [3.8, 4) is 0 Å². The van der Waals surface area contributed by atoms with Crippen molar-refractivity contribution in [2.75, 3.05) is 31.5 Å². The number of carbonyl (C=O) groups is 2. The number of rotatable bonds is 7. The Hall–Kier alpha value is -2.03. The summed E-state index contributed by atoms with van der Waals surface area (Å²) in [6.45, 7) is 6.11. The molecule has 2 N–H and O–H groups in total. The lowest BCUT2D eigenvalue weighted by Gasteiger charge is -2.30. The lowest BCUT2D eigenvalue weighted by atomic mass is 10.0. The number of anilines is 1. The van der Waals surface area contributed by atoms with Crippen molar-refractivity contribution in [2.24, 2.45) is 5.92 Å². The molecule has 9 heteroatoms. The van der Waals surface area contributed by atoms with E-state index in [-0.39, 0.29) is 15.9 Å². The number of hydrogen-bond acceptors (Lipinski definition) is 6. The van der Waals surface area contributed by atoms with Crippen LogP contribution in [0, 0.1) is 5.92 Å². The van der Waals surface area contributed by atoms with Crippen LogP contribution in [0.3, 0.4) is 0 Å². The zero-order valence-corrected chi connectivity index (χ0v) is 17.4. The Morgan fingerprint density at radius 1 is 1.29 bits per heavy atom. The summed E-state index contributed by atoms with van der Waals surface area (Å²) in [5.74, 6) is 0.0329. The molecule has 0 radical (unpaired) electrons. The molecule has 1 saturated heterocycles. The molecule has 1 fully saturated rings. The summed E-state index contributed by atoms with van der Waals surface area (Å²) in [6.07, 6.45) is 3.44. The minimum Gasteiger partial charge on any atom is -0.350 e. The fourth-order valence-electron chi connectivity index (χ4n) is 3.23. The molecule has 28 heavy (non-hydrogen) atoms. The van der Waals surface area contributed by atoms with Crippen LogP contribution in [-0.4, -0.2) is 53.1 Å². The van der Waals surface area contributed by atoms with E-state index in [4.69, 9.17) is 11.6 Å². The Labute approximate surface area is 173 Å². The molecule has 1 aromatic carbocycles. The third-order valence-electron chi connectivity index (χ3n) is 4.57. The number of hydrogen-bond donors (Lipinski definition) is 2. The zero-order chi connectivity index (χ0) is 19.9. The van der Waals surface area contributed by atoms with Gasteiger partial charge in [-0.15, -0.1) is 10.2 Å². The first-order valence-corrected chi connectivity index (χ1v) is 10.6. The SMILES string of the molecule is CC1CCCN(CCCNC(=O)c2nnc(C(=O)Nc3cccc(Cl)c3)s2)C1. The van der Waals surface area contributed by atoms with Gasteiger partial charge in [0, 0.05) is 23.8 Å². The molecule has 1 unspecified atom stereocenters. The minimum atomic E-state index is -0.418. The first-order chi connectivity index (χ1) is 13.5. The van der Waals surface area contributed by atoms with E-state index in [0.717, 1.165) is 43.3 Å². The van der Waals surface area contributed by atoms with Gasteiger partial charge in [0.05, 0.1) is 0 Å². The number of halogens is 1. The summed E-state index contributed by atoms with van der Waals surface area (Å²) in [6, 6.07) is 6.82. The predicted molar refractivity (Wildman–Crippen MR) is 111 cm³/mol. The highest BCUT2D eigenvalue weighted by Crippen LogP contribution is 2.17. The molecule has 0 saturated carbocycles. The fraction of sp³-hybridized carbons (Fsp3) is 0.474. The van der Waals surface area contributed by atoms with Crippen LogP contribution in [0.5, 0.6) is 0 Å². The van der Waals surface area contributed by atoms with Gasteiger partial charge >= 0.3 is 0 Å². The first-order valence-electron chi connectivity index (χ1n) is 9.42. The summed E-state index contributed by atoms with van der Waals surface area (Å²) in [7, 11) is 0. The average molecular weight is 422 g/mol. The zero-order valence-electron chi connectivity index (χ0n) is 15.8. The van der Waals surface area contributed by atoms with E-state index in [2.05, 4.69) is 32.7 Å². The Morgan fingerprint density at radius 3 is 2.82 bits per heavy atom. The second-order valence-corrected chi connectivity index (χ2v) is 8.45. The smallest absolute Gasteiger partial charge is 0.286 e. The molecular formula is C19H24ClN5O2S. The quantitative estimate of drug-likeness (QED) is 0.670. The first kappa shape index (κ1) is 20.7. The van der Waals surface area contributed by atoms with Crippen molar-refractivity contribution in [3.05, 3.63) is 39.3 Å². The molecule has 1 aromatic heterocycles. The van der Waals surface area contributed by atoms with Gasteiger partial charge in [-0.1, -0.05) is 35.9 Å². The molecule has 2 amide bonds. The van der Waals surface area contributed by atoms with E-state index in [1.165, 1.54) is 12.8 Å². The van der Waals surface area contributed by atoms with Gasteiger partial charge < -0.3 is 15.5 Å². The van der Waals surface area contributed by atoms with Crippen LogP contribution in [0.4, 0.5) is 5.69 Å². The molecule has 0 spiro atoms. The molecule has 3 rings (SSSR count). The van der Waals surface area contributed by atoms with Crippen molar-refractivity contribution in [1.82, 2.24) is 20.4 Å². The lowest BCUT2D eigenvalue weighted by molar-refractivity contribution is 0.0947. The highest BCUT2D eigenvalue weighted by atomic mass is 35.5. The molecule has 1 aliphatic rings. The Balaban J connectivity index is 1.43. The Kier molecular flexibility index (Phi) is 7.36. The topological polar surface area (TPSA) is 87.2 Å². The van der Waals surface area contributed by atoms with E-state index < -0.39 is 5.91 Å². The maximum Gasteiger partial charge on any atom is 0.286 e. The number of carbonyl (C=O) groups excluding carboxylic acids is 2. The average Bonchev–Trinajstić information content (AvgIpc) is 3.16. The van der Waals surface area contributed by atoms with Crippen molar-refractivity contribution in [3.63, 3.8) is 0 Å². The van der Waals surface area contributed by atoms with E-state index in [0.29, 0.717) is 17.3 Å². The van der Waals surface area contributed by atoms with Gasteiger partial charge in [0.1, 0.15) is 0 Å². The third kappa shape index (κ3) is 5.98. The van der Waals surface area contributed by atoms with Gasteiger partial charge in [-0.2, -0.15) is 0 Å². The molecule has 0 aliphatic carbocycles. The molecule has 1 atom stereocenters. The standard InChI is InChI=1S/C19H24ClN5O2S/c1-13-5-3-9-25(12-13)10-4-8-21-16(26)18-23-24-19(28-18)17(27)22-15-7-2-6-14(20)11-15/h2,6-7,11,13H,3-5,8-10,12H2,1H3,(H,21,26)(H,22,27). The van der Waals surface area contributed by atoms with E-state index >= 15 is 0 Å². The van der Waals surface area contributed by atoms with E-state index in [1.807, 2.05) is 0 Å². The molecule has 150 valence electrons. The highest BCUT2D eigenvalue weighted by Gasteiger charge is 2.18. The lowest BCUT2D eigenvalue weighted by Crippen LogP contribution is -2.36. The second kappa shape index (κ2) is 9.95. The highest BCUT2D eigenvalue weighted by molar-refractivity contribution is 7.15. The van der Waals surface area contributed by atoms with Gasteiger partial charge in [0.2, 0.25) is 10.0 Å². The number of benzene rings is 1. The molecular weight excluding hydrogens is 398 g/mol. The maximum atomic E-state index is 12.2. The number of likely N-dealkylation sites (tertiary alicyclic amines) is 1. The second-order valence-electron chi connectivity index (χ2n) is 7.03. The number of piperidine rings is 1. The number of amides is 2. The molecule has 0 bridgehead atoms. The van der Waals surface area contributed by atoms with Gasteiger partial charge in [0.15, 0.2) is 0 Å². The van der Waals surface area contributed by atoms with Crippen LogP contribution < -0.4 is 10.6 Å². The summed E-state index contributed by atoms with van der Waals surface area (Å²) in [5.41, 5.74) is 0.561. The predicted octanol–water partition coefficient (Wildman–Crippen LogP) is 3.30. The number of nitrogens with one attached hydrogen (secondary N) is 2. The summed E-state index contributed by atoms with van der Waals surface area (Å²) in [4.78, 5) is 26.9. The van der Waals surface area contributed by atoms with Crippen molar-refractivity contribution >= 4 is 40.4 Å².